The Bertz CT molecular complexity index is 806. The fourth-order valence-electron chi connectivity index (χ4n) is 1.61. The second-order valence-corrected chi connectivity index (χ2v) is 3.91. The first-order valence-electron chi connectivity index (χ1n) is 5.61. The zero-order chi connectivity index (χ0) is 15.4. The highest BCUT2D eigenvalue weighted by Gasteiger charge is 2.18. The van der Waals surface area contributed by atoms with Crippen molar-refractivity contribution in [2.24, 2.45) is 0 Å². The van der Waals surface area contributed by atoms with Gasteiger partial charge in [-0.15, -0.1) is 0 Å². The molecule has 7 heteroatoms. The van der Waals surface area contributed by atoms with Gasteiger partial charge < -0.3 is 4.74 Å². The van der Waals surface area contributed by atoms with Gasteiger partial charge in [-0.1, -0.05) is 0 Å². The van der Waals surface area contributed by atoms with E-state index in [1.54, 1.807) is 12.1 Å². The largest absolute Gasteiger partial charge is 0.449 e. The van der Waals surface area contributed by atoms with E-state index in [-0.39, 0.29) is 22.6 Å². The SMILES string of the molecule is N#Cc1ccc(Oc2ccc(F)cc2C#N)c([N+](=O)[O-])c1. The first kappa shape index (κ1) is 14.0. The van der Waals surface area contributed by atoms with Gasteiger partial charge in [0.25, 0.3) is 0 Å². The number of ether oxygens (including phenoxy) is 1. The van der Waals surface area contributed by atoms with Crippen molar-refractivity contribution in [3.05, 3.63) is 63.5 Å². The molecule has 0 fully saturated rings. The lowest BCUT2D eigenvalue weighted by Gasteiger charge is -2.08. The number of nitro benzene ring substituents is 1. The fourth-order valence-corrected chi connectivity index (χ4v) is 1.61. The van der Waals surface area contributed by atoms with Crippen LogP contribution in [0.5, 0.6) is 11.5 Å². The number of nitriles is 2. The molecule has 0 spiro atoms. The number of rotatable bonds is 3. The molecule has 0 saturated carbocycles. The van der Waals surface area contributed by atoms with Crippen LogP contribution in [-0.4, -0.2) is 4.92 Å². The molecule has 0 heterocycles. The van der Waals surface area contributed by atoms with Crippen molar-refractivity contribution >= 4 is 5.69 Å². The summed E-state index contributed by atoms with van der Waals surface area (Å²) in [6.07, 6.45) is 0. The Morgan fingerprint density at radius 2 is 1.81 bits per heavy atom. The van der Waals surface area contributed by atoms with Gasteiger partial charge >= 0.3 is 5.69 Å². The van der Waals surface area contributed by atoms with Crippen LogP contribution in [0.2, 0.25) is 0 Å². The Balaban J connectivity index is 2.48. The average molecular weight is 283 g/mol. The third kappa shape index (κ3) is 2.94. The summed E-state index contributed by atoms with van der Waals surface area (Å²) in [5.74, 6) is -0.762. The van der Waals surface area contributed by atoms with Gasteiger partial charge in [-0.2, -0.15) is 10.5 Å². The molecule has 2 aromatic carbocycles. The van der Waals surface area contributed by atoms with Crippen LogP contribution in [-0.2, 0) is 0 Å². The Hall–Kier alpha value is -3.45. The first-order chi connectivity index (χ1) is 10.0. The zero-order valence-electron chi connectivity index (χ0n) is 10.4. The highest BCUT2D eigenvalue weighted by Crippen LogP contribution is 2.33. The molecule has 6 nitrogen and oxygen atoms in total. The number of halogens is 1. The van der Waals surface area contributed by atoms with E-state index in [9.17, 15) is 14.5 Å². The molecule has 2 rings (SSSR count). The summed E-state index contributed by atoms with van der Waals surface area (Å²) < 4.78 is 18.3. The monoisotopic (exact) mass is 283 g/mol. The molecular formula is C14H6FN3O3. The van der Waals surface area contributed by atoms with Gasteiger partial charge in [0, 0.05) is 6.07 Å². The highest BCUT2D eigenvalue weighted by atomic mass is 19.1. The molecule has 0 saturated heterocycles. The summed E-state index contributed by atoms with van der Waals surface area (Å²) in [7, 11) is 0. The van der Waals surface area contributed by atoms with Crippen LogP contribution in [0.1, 0.15) is 11.1 Å². The van der Waals surface area contributed by atoms with E-state index in [1.165, 1.54) is 18.2 Å². The van der Waals surface area contributed by atoms with Crippen LogP contribution in [0, 0.1) is 38.6 Å². The van der Waals surface area contributed by atoms with Gasteiger partial charge in [0.15, 0.2) is 0 Å². The standard InChI is InChI=1S/C14H6FN3O3/c15-11-2-4-13(10(6-11)8-17)21-14-3-1-9(7-16)5-12(14)18(19)20/h1-6H. The summed E-state index contributed by atoms with van der Waals surface area (Å²) in [5, 5.41) is 28.6. The van der Waals surface area contributed by atoms with E-state index in [2.05, 4.69) is 0 Å². The summed E-state index contributed by atoms with van der Waals surface area (Å²) in [6, 6.07) is 10.4. The molecule has 0 aromatic heterocycles. The predicted molar refractivity (Wildman–Crippen MR) is 69.0 cm³/mol. The predicted octanol–water partition coefficient (Wildman–Crippen LogP) is 3.27. The Kier molecular flexibility index (Phi) is 3.78. The number of nitro groups is 1. The maximum atomic E-state index is 13.0. The number of nitrogens with zero attached hydrogens (tertiary/aromatic N) is 3. The molecule has 21 heavy (non-hydrogen) atoms. The third-order valence-electron chi connectivity index (χ3n) is 2.57. The van der Waals surface area contributed by atoms with E-state index < -0.39 is 16.4 Å². The van der Waals surface area contributed by atoms with E-state index in [0.717, 1.165) is 18.2 Å². The van der Waals surface area contributed by atoms with Gasteiger partial charge in [-0.05, 0) is 30.3 Å². The summed E-state index contributed by atoms with van der Waals surface area (Å²) >= 11 is 0. The molecule has 102 valence electrons. The first-order valence-corrected chi connectivity index (χ1v) is 5.61. The topological polar surface area (TPSA) is 99.9 Å². The van der Waals surface area contributed by atoms with Crippen LogP contribution in [0.4, 0.5) is 10.1 Å². The molecule has 0 radical (unpaired) electrons. The van der Waals surface area contributed by atoms with Crippen LogP contribution >= 0.6 is 0 Å². The summed E-state index contributed by atoms with van der Waals surface area (Å²) in [5.41, 5.74) is -0.399. The lowest BCUT2D eigenvalue weighted by molar-refractivity contribution is -0.385. The molecule has 0 N–H and O–H groups in total. The minimum atomic E-state index is -0.703. The minimum absolute atomic E-state index is 0.00768. The Morgan fingerprint density at radius 3 is 2.43 bits per heavy atom. The molecule has 0 bridgehead atoms. The second kappa shape index (κ2) is 5.68. The van der Waals surface area contributed by atoms with Gasteiger partial charge in [0.1, 0.15) is 17.6 Å². The van der Waals surface area contributed by atoms with Crippen LogP contribution < -0.4 is 4.74 Å². The van der Waals surface area contributed by atoms with Gasteiger partial charge in [0.05, 0.1) is 22.1 Å². The quantitative estimate of drug-likeness (QED) is 0.635. The van der Waals surface area contributed by atoms with E-state index in [0.29, 0.717) is 0 Å². The van der Waals surface area contributed by atoms with E-state index >= 15 is 0 Å². The maximum Gasteiger partial charge on any atom is 0.312 e. The number of hydrogen-bond donors (Lipinski definition) is 0. The Labute approximate surface area is 118 Å². The fraction of sp³-hybridized carbons (Fsp3) is 0. The molecule has 0 aliphatic heterocycles. The van der Waals surface area contributed by atoms with Gasteiger partial charge in [-0.25, -0.2) is 4.39 Å². The van der Waals surface area contributed by atoms with E-state index in [4.69, 9.17) is 15.3 Å². The van der Waals surface area contributed by atoms with Crippen molar-refractivity contribution in [1.29, 1.82) is 10.5 Å². The second-order valence-electron chi connectivity index (χ2n) is 3.91. The molecule has 0 aliphatic carbocycles. The highest BCUT2D eigenvalue weighted by molar-refractivity contribution is 5.54. The molecule has 0 amide bonds. The summed E-state index contributed by atoms with van der Waals surface area (Å²) in [6.45, 7) is 0. The van der Waals surface area contributed by atoms with Crippen LogP contribution in [0.15, 0.2) is 36.4 Å². The van der Waals surface area contributed by atoms with Crippen molar-refractivity contribution in [2.45, 2.75) is 0 Å². The van der Waals surface area contributed by atoms with Crippen LogP contribution in [0.3, 0.4) is 0 Å². The minimum Gasteiger partial charge on any atom is -0.449 e. The van der Waals surface area contributed by atoms with Crippen molar-refractivity contribution in [3.63, 3.8) is 0 Å². The van der Waals surface area contributed by atoms with Crippen molar-refractivity contribution in [3.8, 4) is 23.6 Å². The molecule has 0 unspecified atom stereocenters. The molecule has 0 aliphatic rings. The smallest absolute Gasteiger partial charge is 0.312 e. The molecule has 2 aromatic rings. The lowest BCUT2D eigenvalue weighted by Crippen LogP contribution is -1.96. The zero-order valence-corrected chi connectivity index (χ0v) is 10.4. The number of benzene rings is 2. The normalized spacial score (nSPS) is 9.48. The Morgan fingerprint density at radius 1 is 1.10 bits per heavy atom. The molecular weight excluding hydrogens is 277 g/mol. The van der Waals surface area contributed by atoms with Crippen molar-refractivity contribution < 1.29 is 14.1 Å². The van der Waals surface area contributed by atoms with Crippen molar-refractivity contribution in [2.75, 3.05) is 0 Å². The summed E-state index contributed by atoms with van der Waals surface area (Å²) in [4.78, 5) is 10.3. The van der Waals surface area contributed by atoms with E-state index in [1.807, 2.05) is 0 Å². The number of hydrogen-bond acceptors (Lipinski definition) is 5. The average Bonchev–Trinajstić information content (AvgIpc) is 2.49. The van der Waals surface area contributed by atoms with Crippen LogP contribution in [0.25, 0.3) is 0 Å². The lowest BCUT2D eigenvalue weighted by atomic mass is 10.2. The van der Waals surface area contributed by atoms with Gasteiger partial charge in [0.2, 0.25) is 5.75 Å². The molecule has 0 atom stereocenters. The van der Waals surface area contributed by atoms with Gasteiger partial charge in [-0.3, -0.25) is 10.1 Å². The maximum absolute atomic E-state index is 13.0. The van der Waals surface area contributed by atoms with Crippen molar-refractivity contribution in [1.82, 2.24) is 0 Å². The third-order valence-corrected chi connectivity index (χ3v) is 2.57.